The van der Waals surface area contributed by atoms with Crippen molar-refractivity contribution in [1.29, 1.82) is 0 Å². The molecule has 0 saturated carbocycles. The van der Waals surface area contributed by atoms with Crippen molar-refractivity contribution < 1.29 is 8.42 Å². The van der Waals surface area contributed by atoms with Crippen LogP contribution in [0.4, 0.5) is 0 Å². The van der Waals surface area contributed by atoms with Crippen LogP contribution in [0, 0.1) is 6.92 Å². The lowest BCUT2D eigenvalue weighted by Gasteiger charge is -2.19. The molecule has 114 valence electrons. The summed E-state index contributed by atoms with van der Waals surface area (Å²) in [7, 11) is -1.91. The van der Waals surface area contributed by atoms with E-state index in [1.165, 1.54) is 10.4 Å². The van der Waals surface area contributed by atoms with Crippen molar-refractivity contribution >= 4 is 21.6 Å². The highest BCUT2D eigenvalue weighted by Crippen LogP contribution is 2.26. The highest BCUT2D eigenvalue weighted by Gasteiger charge is 2.23. The van der Waals surface area contributed by atoms with Crippen molar-refractivity contribution in [3.63, 3.8) is 0 Å². The Bertz CT molecular complexity index is 571. The average Bonchev–Trinajstić information content (AvgIpc) is 2.37. The van der Waals surface area contributed by atoms with Crippen LogP contribution >= 0.6 is 11.6 Å². The molecule has 4 nitrogen and oxygen atoms in total. The van der Waals surface area contributed by atoms with Gasteiger partial charge >= 0.3 is 0 Å². The van der Waals surface area contributed by atoms with Crippen molar-refractivity contribution in [2.75, 3.05) is 13.6 Å². The van der Waals surface area contributed by atoms with Crippen LogP contribution in [-0.2, 0) is 16.6 Å². The van der Waals surface area contributed by atoms with Gasteiger partial charge in [0, 0.05) is 31.2 Å². The fraction of sp³-hybridized carbons (Fsp3) is 0.571. The third-order valence-electron chi connectivity index (χ3n) is 3.27. The number of rotatable bonds is 6. The van der Waals surface area contributed by atoms with Gasteiger partial charge in [-0.1, -0.05) is 32.4 Å². The lowest BCUT2D eigenvalue weighted by molar-refractivity contribution is 0.485. The molecule has 1 rings (SSSR count). The maximum atomic E-state index is 12.5. The first-order chi connectivity index (χ1) is 9.20. The SMILES string of the molecule is CCN(C)S(=O)(=O)c1cc(Cl)cc(CNC(C)C)c1C. The number of hydrogen-bond acceptors (Lipinski definition) is 3. The van der Waals surface area contributed by atoms with Gasteiger partial charge in [0.1, 0.15) is 0 Å². The second-order valence-corrected chi connectivity index (χ2v) is 7.59. The molecule has 0 aliphatic heterocycles. The van der Waals surface area contributed by atoms with Crippen LogP contribution in [0.3, 0.4) is 0 Å². The molecule has 1 aromatic rings. The van der Waals surface area contributed by atoms with E-state index in [2.05, 4.69) is 5.32 Å². The van der Waals surface area contributed by atoms with Gasteiger partial charge in [-0.2, -0.15) is 0 Å². The number of nitrogens with zero attached hydrogens (tertiary/aromatic N) is 1. The number of benzene rings is 1. The fourth-order valence-electron chi connectivity index (χ4n) is 1.81. The van der Waals surface area contributed by atoms with Crippen LogP contribution in [0.25, 0.3) is 0 Å². The minimum atomic E-state index is -3.48. The Hall–Kier alpha value is -0.620. The van der Waals surface area contributed by atoms with Crippen LogP contribution in [0.5, 0.6) is 0 Å². The molecule has 0 saturated heterocycles. The van der Waals surface area contributed by atoms with Gasteiger partial charge in [-0.25, -0.2) is 12.7 Å². The van der Waals surface area contributed by atoms with Gasteiger partial charge in [0.05, 0.1) is 4.90 Å². The van der Waals surface area contributed by atoms with E-state index in [1.54, 1.807) is 14.0 Å². The zero-order valence-electron chi connectivity index (χ0n) is 12.7. The van der Waals surface area contributed by atoms with Gasteiger partial charge in [-0.3, -0.25) is 0 Å². The summed E-state index contributed by atoms with van der Waals surface area (Å²) in [5, 5.41) is 3.73. The summed E-state index contributed by atoms with van der Waals surface area (Å²) in [5.41, 5.74) is 1.66. The molecule has 0 unspecified atom stereocenters. The van der Waals surface area contributed by atoms with Crippen LogP contribution in [0.15, 0.2) is 17.0 Å². The molecule has 0 heterocycles. The Morgan fingerprint density at radius 2 is 1.95 bits per heavy atom. The van der Waals surface area contributed by atoms with Crippen molar-refractivity contribution in [2.45, 2.75) is 45.2 Å². The summed E-state index contributed by atoms with van der Waals surface area (Å²) in [6.45, 7) is 8.74. The predicted molar refractivity (Wildman–Crippen MR) is 83.7 cm³/mol. The zero-order valence-corrected chi connectivity index (χ0v) is 14.3. The normalized spacial score (nSPS) is 12.4. The topological polar surface area (TPSA) is 49.4 Å². The van der Waals surface area contributed by atoms with Crippen LogP contribution < -0.4 is 5.32 Å². The Labute approximate surface area is 127 Å². The smallest absolute Gasteiger partial charge is 0.243 e. The predicted octanol–water partition coefficient (Wildman–Crippen LogP) is 2.79. The minimum absolute atomic E-state index is 0.287. The van der Waals surface area contributed by atoms with Gasteiger partial charge in [0.25, 0.3) is 0 Å². The number of hydrogen-bond donors (Lipinski definition) is 1. The Balaban J connectivity index is 3.28. The standard InChI is InChI=1S/C14H23ClN2O2S/c1-6-17(5)20(18,19)14-8-13(15)7-12(11(14)4)9-16-10(2)3/h7-8,10,16H,6,9H2,1-5H3. The Kier molecular flexibility index (Phi) is 6.01. The third-order valence-corrected chi connectivity index (χ3v) is 5.54. The van der Waals surface area contributed by atoms with Crippen molar-refractivity contribution in [3.8, 4) is 0 Å². The summed E-state index contributed by atoms with van der Waals surface area (Å²) in [6, 6.07) is 3.67. The van der Waals surface area contributed by atoms with Crippen LogP contribution in [0.2, 0.25) is 5.02 Å². The summed E-state index contributed by atoms with van der Waals surface area (Å²) in [4.78, 5) is 0.287. The summed E-state index contributed by atoms with van der Waals surface area (Å²) in [5.74, 6) is 0. The van der Waals surface area contributed by atoms with E-state index in [-0.39, 0.29) is 4.90 Å². The summed E-state index contributed by atoms with van der Waals surface area (Å²) < 4.78 is 26.3. The van der Waals surface area contributed by atoms with E-state index in [0.29, 0.717) is 24.2 Å². The highest BCUT2D eigenvalue weighted by molar-refractivity contribution is 7.89. The largest absolute Gasteiger partial charge is 0.310 e. The van der Waals surface area contributed by atoms with E-state index in [0.717, 1.165) is 11.1 Å². The second kappa shape index (κ2) is 6.89. The highest BCUT2D eigenvalue weighted by atomic mass is 35.5. The molecule has 1 aromatic carbocycles. The van der Waals surface area contributed by atoms with Crippen molar-refractivity contribution in [1.82, 2.24) is 9.62 Å². The minimum Gasteiger partial charge on any atom is -0.310 e. The van der Waals surface area contributed by atoms with E-state index in [1.807, 2.05) is 26.8 Å². The van der Waals surface area contributed by atoms with Crippen molar-refractivity contribution in [2.24, 2.45) is 0 Å². The molecule has 0 atom stereocenters. The lowest BCUT2D eigenvalue weighted by Crippen LogP contribution is -2.28. The molecule has 0 aromatic heterocycles. The summed E-state index contributed by atoms with van der Waals surface area (Å²) >= 11 is 6.08. The molecule has 0 aliphatic carbocycles. The van der Waals surface area contributed by atoms with Gasteiger partial charge in [-0.05, 0) is 30.2 Å². The number of nitrogens with one attached hydrogen (secondary N) is 1. The van der Waals surface area contributed by atoms with Gasteiger partial charge < -0.3 is 5.32 Å². The second-order valence-electron chi connectivity index (χ2n) is 5.14. The first kappa shape index (κ1) is 17.4. The maximum Gasteiger partial charge on any atom is 0.243 e. The molecule has 1 N–H and O–H groups in total. The molecular weight excluding hydrogens is 296 g/mol. The molecule has 6 heteroatoms. The van der Waals surface area contributed by atoms with E-state index in [4.69, 9.17) is 11.6 Å². The zero-order chi connectivity index (χ0) is 15.5. The van der Waals surface area contributed by atoms with Crippen LogP contribution in [0.1, 0.15) is 31.9 Å². The van der Waals surface area contributed by atoms with Gasteiger partial charge in [0.15, 0.2) is 0 Å². The van der Waals surface area contributed by atoms with Gasteiger partial charge in [0.2, 0.25) is 10.0 Å². The molecule has 0 bridgehead atoms. The third kappa shape index (κ3) is 3.95. The van der Waals surface area contributed by atoms with E-state index >= 15 is 0 Å². The quantitative estimate of drug-likeness (QED) is 0.877. The number of sulfonamides is 1. The molecule has 0 amide bonds. The fourth-order valence-corrected chi connectivity index (χ4v) is 3.59. The molecule has 0 spiro atoms. The summed E-state index contributed by atoms with van der Waals surface area (Å²) in [6.07, 6.45) is 0. The monoisotopic (exact) mass is 318 g/mol. The Morgan fingerprint density at radius 1 is 1.35 bits per heavy atom. The Morgan fingerprint density at radius 3 is 2.45 bits per heavy atom. The lowest BCUT2D eigenvalue weighted by atomic mass is 10.1. The maximum absolute atomic E-state index is 12.5. The first-order valence-electron chi connectivity index (χ1n) is 6.68. The average molecular weight is 319 g/mol. The molecule has 0 fully saturated rings. The molecule has 0 aliphatic rings. The molecular formula is C14H23ClN2O2S. The van der Waals surface area contributed by atoms with E-state index in [9.17, 15) is 8.42 Å². The van der Waals surface area contributed by atoms with Crippen LogP contribution in [-0.4, -0.2) is 32.4 Å². The first-order valence-corrected chi connectivity index (χ1v) is 8.50. The van der Waals surface area contributed by atoms with Crippen molar-refractivity contribution in [3.05, 3.63) is 28.3 Å². The molecule has 0 radical (unpaired) electrons. The van der Waals surface area contributed by atoms with E-state index < -0.39 is 10.0 Å². The van der Waals surface area contributed by atoms with Gasteiger partial charge in [-0.15, -0.1) is 0 Å². The number of halogens is 1. The molecule has 20 heavy (non-hydrogen) atoms.